The molecule has 0 aliphatic carbocycles. The summed E-state index contributed by atoms with van der Waals surface area (Å²) in [6.07, 6.45) is -0.358. The van der Waals surface area contributed by atoms with Crippen LogP contribution in [0.1, 0.15) is 20.3 Å². The second-order valence-corrected chi connectivity index (χ2v) is 4.26. The predicted octanol–water partition coefficient (Wildman–Crippen LogP) is 3.31. The molecule has 0 aliphatic heterocycles. The van der Waals surface area contributed by atoms with E-state index in [2.05, 4.69) is 15.9 Å². The topological polar surface area (TPSA) is 35.5 Å². The van der Waals surface area contributed by atoms with Gasteiger partial charge in [0.1, 0.15) is 0 Å². The molecule has 1 unspecified atom stereocenters. The molecule has 0 aromatic heterocycles. The van der Waals surface area contributed by atoms with Crippen molar-refractivity contribution in [3.63, 3.8) is 0 Å². The van der Waals surface area contributed by atoms with E-state index in [0.29, 0.717) is 10.9 Å². The molecule has 1 aromatic carbocycles. The van der Waals surface area contributed by atoms with Gasteiger partial charge in [0.2, 0.25) is 0 Å². The normalized spacial score (nSPS) is 12.0. The van der Waals surface area contributed by atoms with Crippen molar-refractivity contribution in [1.82, 2.24) is 0 Å². The maximum Gasteiger partial charge on any atom is 0.347 e. The lowest BCUT2D eigenvalue weighted by Crippen LogP contribution is -2.29. The van der Waals surface area contributed by atoms with Crippen molar-refractivity contribution in [2.45, 2.75) is 26.4 Å². The largest absolute Gasteiger partial charge is 0.476 e. The summed E-state index contributed by atoms with van der Waals surface area (Å²) in [6.45, 7) is 3.77. The molecule has 0 fully saturated rings. The third-order valence-electron chi connectivity index (χ3n) is 2.08. The molecule has 0 spiro atoms. The number of hydrogen-bond acceptors (Lipinski definition) is 3. The standard InChI is InChI=1S/C12H14BrFO3/c1-3-10(12(15)16-4-2)17-11-7-8(13)5-6-9(11)14/h5-7,10H,3-4H2,1-2H3. The summed E-state index contributed by atoms with van der Waals surface area (Å²) >= 11 is 3.21. The fraction of sp³-hybridized carbons (Fsp3) is 0.417. The van der Waals surface area contributed by atoms with Crippen molar-refractivity contribution in [2.75, 3.05) is 6.61 Å². The highest BCUT2D eigenvalue weighted by Gasteiger charge is 2.21. The quantitative estimate of drug-likeness (QED) is 0.783. The molecule has 0 aliphatic rings. The second-order valence-electron chi connectivity index (χ2n) is 3.34. The van der Waals surface area contributed by atoms with Gasteiger partial charge in [-0.15, -0.1) is 0 Å². The lowest BCUT2D eigenvalue weighted by atomic mass is 10.2. The highest BCUT2D eigenvalue weighted by atomic mass is 79.9. The maximum atomic E-state index is 13.4. The molecular weight excluding hydrogens is 291 g/mol. The van der Waals surface area contributed by atoms with Gasteiger partial charge in [0, 0.05) is 4.47 Å². The molecule has 0 heterocycles. The van der Waals surface area contributed by atoms with E-state index in [4.69, 9.17) is 9.47 Å². The van der Waals surface area contributed by atoms with Crippen LogP contribution >= 0.6 is 15.9 Å². The van der Waals surface area contributed by atoms with Crippen LogP contribution in [0.2, 0.25) is 0 Å². The van der Waals surface area contributed by atoms with Crippen molar-refractivity contribution in [2.24, 2.45) is 0 Å². The summed E-state index contributed by atoms with van der Waals surface area (Å²) in [5.74, 6) is -0.940. The smallest absolute Gasteiger partial charge is 0.347 e. The van der Waals surface area contributed by atoms with Gasteiger partial charge in [-0.05, 0) is 31.5 Å². The van der Waals surface area contributed by atoms with E-state index in [-0.39, 0.29) is 12.4 Å². The minimum atomic E-state index is -0.779. The molecule has 0 N–H and O–H groups in total. The van der Waals surface area contributed by atoms with Crippen LogP contribution in [0.25, 0.3) is 0 Å². The van der Waals surface area contributed by atoms with Gasteiger partial charge in [0.15, 0.2) is 17.7 Å². The number of hydrogen-bond donors (Lipinski definition) is 0. The van der Waals surface area contributed by atoms with Crippen LogP contribution in [0.3, 0.4) is 0 Å². The summed E-state index contributed by atoms with van der Waals surface area (Å²) in [4.78, 5) is 11.5. The molecule has 3 nitrogen and oxygen atoms in total. The van der Waals surface area contributed by atoms with Crippen molar-refractivity contribution in [3.8, 4) is 5.75 Å². The summed E-state index contributed by atoms with van der Waals surface area (Å²) in [6, 6.07) is 4.32. The highest BCUT2D eigenvalue weighted by molar-refractivity contribution is 9.10. The van der Waals surface area contributed by atoms with Crippen LogP contribution < -0.4 is 4.74 Å². The van der Waals surface area contributed by atoms with E-state index in [1.807, 2.05) is 0 Å². The second kappa shape index (κ2) is 6.59. The number of esters is 1. The molecule has 1 aromatic rings. The zero-order chi connectivity index (χ0) is 12.8. The van der Waals surface area contributed by atoms with Crippen molar-refractivity contribution in [1.29, 1.82) is 0 Å². The van der Waals surface area contributed by atoms with Gasteiger partial charge in [-0.25, -0.2) is 9.18 Å². The Balaban J connectivity index is 2.80. The van der Waals surface area contributed by atoms with Gasteiger partial charge in [-0.3, -0.25) is 0 Å². The van der Waals surface area contributed by atoms with Crippen LogP contribution in [0.4, 0.5) is 4.39 Å². The monoisotopic (exact) mass is 304 g/mol. The molecule has 1 rings (SSSR count). The van der Waals surface area contributed by atoms with Gasteiger partial charge in [-0.2, -0.15) is 0 Å². The number of ether oxygens (including phenoxy) is 2. The number of halogens is 2. The first-order valence-electron chi connectivity index (χ1n) is 5.36. The molecule has 0 radical (unpaired) electrons. The van der Waals surface area contributed by atoms with E-state index in [1.165, 1.54) is 12.1 Å². The van der Waals surface area contributed by atoms with E-state index in [9.17, 15) is 9.18 Å². The third-order valence-corrected chi connectivity index (χ3v) is 2.58. The van der Waals surface area contributed by atoms with Crippen LogP contribution in [0.15, 0.2) is 22.7 Å². The summed E-state index contributed by atoms with van der Waals surface area (Å²) in [5.41, 5.74) is 0. The Bertz CT molecular complexity index is 395. The Labute approximate surface area is 108 Å². The fourth-order valence-corrected chi connectivity index (χ4v) is 1.59. The lowest BCUT2D eigenvalue weighted by Gasteiger charge is -2.16. The Hall–Kier alpha value is -1.10. The molecule has 0 saturated heterocycles. The SMILES string of the molecule is CCOC(=O)C(CC)Oc1cc(Br)ccc1F. The van der Waals surface area contributed by atoms with Crippen LogP contribution in [0, 0.1) is 5.82 Å². The molecule has 0 amide bonds. The van der Waals surface area contributed by atoms with Gasteiger partial charge in [0.25, 0.3) is 0 Å². The zero-order valence-corrected chi connectivity index (χ0v) is 11.3. The lowest BCUT2D eigenvalue weighted by molar-refractivity contribution is -0.151. The maximum absolute atomic E-state index is 13.4. The number of carbonyl (C=O) groups is 1. The Morgan fingerprint density at radius 2 is 2.18 bits per heavy atom. The zero-order valence-electron chi connectivity index (χ0n) is 9.70. The first-order valence-corrected chi connectivity index (χ1v) is 6.16. The van der Waals surface area contributed by atoms with Gasteiger partial charge in [0.05, 0.1) is 6.61 Å². The first kappa shape index (κ1) is 14.0. The van der Waals surface area contributed by atoms with E-state index in [0.717, 1.165) is 0 Å². The molecule has 5 heteroatoms. The number of carbonyl (C=O) groups excluding carboxylic acids is 1. The number of rotatable bonds is 5. The minimum absolute atomic E-state index is 0.0410. The first-order chi connectivity index (χ1) is 8.08. The van der Waals surface area contributed by atoms with Gasteiger partial charge >= 0.3 is 5.97 Å². The predicted molar refractivity (Wildman–Crippen MR) is 65.4 cm³/mol. The van der Waals surface area contributed by atoms with Gasteiger partial charge in [-0.1, -0.05) is 22.9 Å². The minimum Gasteiger partial charge on any atom is -0.476 e. The highest BCUT2D eigenvalue weighted by Crippen LogP contribution is 2.24. The van der Waals surface area contributed by atoms with Crippen LogP contribution in [-0.4, -0.2) is 18.7 Å². The molecule has 1 atom stereocenters. The van der Waals surface area contributed by atoms with Crippen molar-refractivity contribution in [3.05, 3.63) is 28.5 Å². The molecule has 17 heavy (non-hydrogen) atoms. The Kier molecular flexibility index (Phi) is 5.41. The molecule has 0 bridgehead atoms. The summed E-state index contributed by atoms with van der Waals surface area (Å²) < 4.78 is 24.3. The molecular formula is C12H14BrFO3. The van der Waals surface area contributed by atoms with Crippen LogP contribution in [0.5, 0.6) is 5.75 Å². The van der Waals surface area contributed by atoms with Crippen LogP contribution in [-0.2, 0) is 9.53 Å². The average molecular weight is 305 g/mol. The average Bonchev–Trinajstić information content (AvgIpc) is 2.30. The van der Waals surface area contributed by atoms with E-state index in [1.54, 1.807) is 19.9 Å². The summed E-state index contributed by atoms with van der Waals surface area (Å²) in [7, 11) is 0. The Morgan fingerprint density at radius 1 is 1.47 bits per heavy atom. The van der Waals surface area contributed by atoms with Crippen molar-refractivity contribution >= 4 is 21.9 Å². The molecule has 0 saturated carbocycles. The van der Waals surface area contributed by atoms with Crippen molar-refractivity contribution < 1.29 is 18.7 Å². The van der Waals surface area contributed by atoms with E-state index < -0.39 is 17.9 Å². The van der Waals surface area contributed by atoms with Gasteiger partial charge < -0.3 is 9.47 Å². The Morgan fingerprint density at radius 3 is 2.76 bits per heavy atom. The third kappa shape index (κ3) is 4.00. The molecule has 94 valence electrons. The number of benzene rings is 1. The summed E-state index contributed by atoms with van der Waals surface area (Å²) in [5, 5.41) is 0. The van der Waals surface area contributed by atoms with E-state index >= 15 is 0 Å². The fourth-order valence-electron chi connectivity index (χ4n) is 1.25.